The van der Waals surface area contributed by atoms with E-state index in [1.165, 1.54) is 51.9 Å². The summed E-state index contributed by atoms with van der Waals surface area (Å²) in [5, 5.41) is 3.58. The second-order valence-corrected chi connectivity index (χ2v) is 6.34. The summed E-state index contributed by atoms with van der Waals surface area (Å²) in [5.74, 6) is 1.84. The van der Waals surface area contributed by atoms with Crippen LogP contribution in [0.3, 0.4) is 0 Å². The summed E-state index contributed by atoms with van der Waals surface area (Å²) >= 11 is 0. The fraction of sp³-hybridized carbons (Fsp3) is 0.800. The van der Waals surface area contributed by atoms with Crippen LogP contribution in [0.15, 0.2) is 4.42 Å². The molecule has 1 atom stereocenters. The fourth-order valence-corrected chi connectivity index (χ4v) is 3.62. The van der Waals surface area contributed by atoms with Crippen LogP contribution in [0, 0.1) is 19.3 Å². The molecule has 3 rings (SSSR count). The lowest BCUT2D eigenvalue weighted by Crippen LogP contribution is -2.50. The monoisotopic (exact) mass is 263 g/mol. The molecule has 1 unspecified atom stereocenters. The highest BCUT2D eigenvalue weighted by molar-refractivity contribution is 5.05. The van der Waals surface area contributed by atoms with E-state index in [4.69, 9.17) is 4.42 Å². The molecule has 2 aliphatic heterocycles. The maximum absolute atomic E-state index is 5.72. The summed E-state index contributed by atoms with van der Waals surface area (Å²) in [6.07, 6.45) is 5.38. The lowest BCUT2D eigenvalue weighted by Gasteiger charge is -2.45. The summed E-state index contributed by atoms with van der Waals surface area (Å²) in [6, 6.07) is 0. The Morgan fingerprint density at radius 2 is 2.16 bits per heavy atom. The Morgan fingerprint density at radius 1 is 1.32 bits per heavy atom. The van der Waals surface area contributed by atoms with E-state index in [0.29, 0.717) is 5.41 Å². The highest BCUT2D eigenvalue weighted by atomic mass is 16.4. The second kappa shape index (κ2) is 5.25. The van der Waals surface area contributed by atoms with Crippen molar-refractivity contribution in [2.24, 2.45) is 5.41 Å². The molecule has 1 spiro atoms. The van der Waals surface area contributed by atoms with Gasteiger partial charge < -0.3 is 9.73 Å². The summed E-state index contributed by atoms with van der Waals surface area (Å²) in [5.41, 5.74) is 1.54. The molecule has 0 aliphatic carbocycles. The first-order chi connectivity index (χ1) is 9.17. The predicted molar refractivity (Wildman–Crippen MR) is 75.0 cm³/mol. The minimum absolute atomic E-state index is 0.507. The van der Waals surface area contributed by atoms with Gasteiger partial charge in [0.2, 0.25) is 5.89 Å². The number of hydrogen-bond donors (Lipinski definition) is 1. The molecule has 2 saturated heterocycles. The topological polar surface area (TPSA) is 41.3 Å². The molecule has 106 valence electrons. The van der Waals surface area contributed by atoms with Crippen molar-refractivity contribution < 1.29 is 4.42 Å². The Balaban J connectivity index is 1.64. The number of hydrogen-bond acceptors (Lipinski definition) is 4. The third kappa shape index (κ3) is 2.84. The number of aryl methyl sites for hydroxylation is 2. The Bertz CT molecular complexity index is 410. The van der Waals surface area contributed by atoms with Gasteiger partial charge in [0.05, 0.1) is 12.2 Å². The van der Waals surface area contributed by atoms with Gasteiger partial charge in [0.1, 0.15) is 5.76 Å². The highest BCUT2D eigenvalue weighted by Gasteiger charge is 2.36. The lowest BCUT2D eigenvalue weighted by molar-refractivity contribution is 0.0549. The maximum Gasteiger partial charge on any atom is 0.208 e. The number of aromatic nitrogens is 1. The van der Waals surface area contributed by atoms with Crippen LogP contribution in [0.1, 0.15) is 43.0 Å². The molecular weight excluding hydrogens is 238 g/mol. The van der Waals surface area contributed by atoms with Crippen molar-refractivity contribution in [2.75, 3.05) is 26.2 Å². The predicted octanol–water partition coefficient (Wildman–Crippen LogP) is 2.26. The first-order valence-electron chi connectivity index (χ1n) is 7.53. The van der Waals surface area contributed by atoms with Crippen LogP contribution in [0.4, 0.5) is 0 Å². The van der Waals surface area contributed by atoms with Crippen LogP contribution in [0.2, 0.25) is 0 Å². The molecule has 1 aromatic rings. The Morgan fingerprint density at radius 3 is 2.84 bits per heavy atom. The van der Waals surface area contributed by atoms with Crippen LogP contribution in [-0.4, -0.2) is 36.1 Å². The number of nitrogens with zero attached hydrogens (tertiary/aromatic N) is 2. The quantitative estimate of drug-likeness (QED) is 0.888. The molecule has 2 fully saturated rings. The van der Waals surface area contributed by atoms with Gasteiger partial charge in [-0.05, 0) is 58.0 Å². The van der Waals surface area contributed by atoms with E-state index in [9.17, 15) is 0 Å². The molecule has 19 heavy (non-hydrogen) atoms. The second-order valence-electron chi connectivity index (χ2n) is 6.34. The van der Waals surface area contributed by atoms with Crippen molar-refractivity contribution in [3.05, 3.63) is 17.3 Å². The molecule has 3 heterocycles. The number of oxazole rings is 1. The molecule has 0 aromatic carbocycles. The number of likely N-dealkylation sites (tertiary alicyclic amines) is 1. The lowest BCUT2D eigenvalue weighted by atomic mass is 9.74. The molecule has 4 nitrogen and oxygen atoms in total. The van der Waals surface area contributed by atoms with Gasteiger partial charge >= 0.3 is 0 Å². The number of piperidine rings is 2. The van der Waals surface area contributed by atoms with Gasteiger partial charge in [-0.25, -0.2) is 4.98 Å². The molecule has 0 amide bonds. The minimum atomic E-state index is 0.507. The van der Waals surface area contributed by atoms with Crippen LogP contribution in [0.25, 0.3) is 0 Å². The van der Waals surface area contributed by atoms with E-state index < -0.39 is 0 Å². The first-order valence-corrected chi connectivity index (χ1v) is 7.53. The van der Waals surface area contributed by atoms with Crippen molar-refractivity contribution in [1.82, 2.24) is 15.2 Å². The van der Waals surface area contributed by atoms with Crippen LogP contribution in [0.5, 0.6) is 0 Å². The van der Waals surface area contributed by atoms with Crippen molar-refractivity contribution in [2.45, 2.75) is 46.1 Å². The summed E-state index contributed by atoms with van der Waals surface area (Å²) in [7, 11) is 0. The van der Waals surface area contributed by atoms with Gasteiger partial charge in [-0.2, -0.15) is 0 Å². The van der Waals surface area contributed by atoms with Crippen LogP contribution in [-0.2, 0) is 6.54 Å². The zero-order valence-corrected chi connectivity index (χ0v) is 12.2. The average Bonchev–Trinajstić information content (AvgIpc) is 2.69. The van der Waals surface area contributed by atoms with E-state index in [2.05, 4.69) is 15.2 Å². The Labute approximate surface area is 115 Å². The Hall–Kier alpha value is -0.870. The largest absolute Gasteiger partial charge is 0.444 e. The SMILES string of the molecule is Cc1nc(CN2CCCC3(CCCNC3)C2)oc1C. The van der Waals surface area contributed by atoms with Gasteiger partial charge in [-0.15, -0.1) is 0 Å². The van der Waals surface area contributed by atoms with Crippen molar-refractivity contribution in [3.8, 4) is 0 Å². The summed E-state index contributed by atoms with van der Waals surface area (Å²) < 4.78 is 5.72. The first kappa shape index (κ1) is 13.1. The van der Waals surface area contributed by atoms with E-state index in [1.54, 1.807) is 0 Å². The normalized spacial score (nSPS) is 28.9. The molecular formula is C15H25N3O. The minimum Gasteiger partial charge on any atom is -0.444 e. The third-order valence-corrected chi connectivity index (χ3v) is 4.73. The van der Waals surface area contributed by atoms with E-state index in [1.807, 2.05) is 13.8 Å². The summed E-state index contributed by atoms with van der Waals surface area (Å²) in [6.45, 7) is 9.64. The average molecular weight is 263 g/mol. The Kier molecular flexibility index (Phi) is 3.63. The van der Waals surface area contributed by atoms with Gasteiger partial charge in [-0.3, -0.25) is 4.90 Å². The number of nitrogens with one attached hydrogen (secondary N) is 1. The molecule has 0 saturated carbocycles. The summed E-state index contributed by atoms with van der Waals surface area (Å²) in [4.78, 5) is 7.04. The van der Waals surface area contributed by atoms with Crippen LogP contribution < -0.4 is 5.32 Å². The van der Waals surface area contributed by atoms with E-state index >= 15 is 0 Å². The van der Waals surface area contributed by atoms with Crippen LogP contribution >= 0.6 is 0 Å². The third-order valence-electron chi connectivity index (χ3n) is 4.73. The van der Waals surface area contributed by atoms with E-state index in [0.717, 1.165) is 23.9 Å². The highest BCUT2D eigenvalue weighted by Crippen LogP contribution is 2.36. The van der Waals surface area contributed by atoms with Gasteiger partial charge in [0.25, 0.3) is 0 Å². The fourth-order valence-electron chi connectivity index (χ4n) is 3.62. The standard InChI is InChI=1S/C15H25N3O/c1-12-13(2)19-14(17-12)9-18-8-4-6-15(11-18)5-3-7-16-10-15/h16H,3-11H2,1-2H3. The molecule has 0 bridgehead atoms. The number of rotatable bonds is 2. The molecule has 4 heteroatoms. The van der Waals surface area contributed by atoms with Crippen molar-refractivity contribution >= 4 is 0 Å². The van der Waals surface area contributed by atoms with Crippen molar-refractivity contribution in [1.29, 1.82) is 0 Å². The zero-order valence-electron chi connectivity index (χ0n) is 12.2. The zero-order chi connectivity index (χ0) is 13.3. The molecule has 1 aromatic heterocycles. The molecule has 1 N–H and O–H groups in total. The maximum atomic E-state index is 5.72. The van der Waals surface area contributed by atoms with Gasteiger partial charge in [-0.1, -0.05) is 0 Å². The van der Waals surface area contributed by atoms with Crippen molar-refractivity contribution in [3.63, 3.8) is 0 Å². The smallest absolute Gasteiger partial charge is 0.208 e. The van der Waals surface area contributed by atoms with Gasteiger partial charge in [0.15, 0.2) is 0 Å². The van der Waals surface area contributed by atoms with Gasteiger partial charge in [0, 0.05) is 13.1 Å². The molecule has 0 radical (unpaired) electrons. The van der Waals surface area contributed by atoms with E-state index in [-0.39, 0.29) is 0 Å². The molecule has 2 aliphatic rings.